The maximum Gasteiger partial charge on any atom is 0.245 e. The van der Waals surface area contributed by atoms with Gasteiger partial charge in [-0.05, 0) is 46.9 Å². The van der Waals surface area contributed by atoms with E-state index in [9.17, 15) is 4.79 Å². The quantitative estimate of drug-likeness (QED) is 0.471. The van der Waals surface area contributed by atoms with Gasteiger partial charge in [0.25, 0.3) is 0 Å². The second-order valence-corrected chi connectivity index (χ2v) is 8.04. The van der Waals surface area contributed by atoms with Crippen molar-refractivity contribution in [2.45, 2.75) is 19.5 Å². The number of carbonyl (C=O) groups is 1. The van der Waals surface area contributed by atoms with Gasteiger partial charge in [-0.3, -0.25) is 14.5 Å². The van der Waals surface area contributed by atoms with Gasteiger partial charge in [-0.15, -0.1) is 11.3 Å². The zero-order valence-electron chi connectivity index (χ0n) is 15.6. The van der Waals surface area contributed by atoms with Crippen molar-refractivity contribution in [2.24, 2.45) is 0 Å². The fourth-order valence-corrected chi connectivity index (χ4v) is 4.44. The Labute approximate surface area is 172 Å². The molecule has 28 heavy (non-hydrogen) atoms. The van der Waals surface area contributed by atoms with Crippen molar-refractivity contribution in [3.8, 4) is 10.7 Å². The summed E-state index contributed by atoms with van der Waals surface area (Å²) < 4.78 is 2.24. The van der Waals surface area contributed by atoms with Gasteiger partial charge in [0.05, 0.1) is 4.88 Å². The third-order valence-electron chi connectivity index (χ3n) is 4.85. The number of rotatable bonds is 5. The number of fused-ring (bicyclic) bond motifs is 1. The van der Waals surface area contributed by atoms with Crippen LogP contribution in [0.1, 0.15) is 18.5 Å². The van der Waals surface area contributed by atoms with Crippen molar-refractivity contribution in [1.29, 1.82) is 0 Å². The van der Waals surface area contributed by atoms with Crippen LogP contribution in [0.15, 0.2) is 60.0 Å². The smallest absolute Gasteiger partial charge is 0.245 e. The summed E-state index contributed by atoms with van der Waals surface area (Å²) in [5, 5.41) is 11.5. The van der Waals surface area contributed by atoms with Gasteiger partial charge in [-0.2, -0.15) is 5.10 Å². The molecular weight excluding hydrogens is 388 g/mol. The van der Waals surface area contributed by atoms with Gasteiger partial charge in [0.15, 0.2) is 10.6 Å². The van der Waals surface area contributed by atoms with E-state index in [0.717, 1.165) is 15.8 Å². The fourth-order valence-electron chi connectivity index (χ4n) is 3.44. The second-order valence-electron chi connectivity index (χ2n) is 6.71. The third kappa shape index (κ3) is 3.39. The highest BCUT2D eigenvalue weighted by molar-refractivity contribution is 7.71. The second kappa shape index (κ2) is 7.69. The normalized spacial score (nSPS) is 12.2. The molecule has 7 heteroatoms. The molecule has 0 aliphatic carbocycles. The maximum absolute atomic E-state index is 13.2. The minimum atomic E-state index is -0.455. The molecule has 1 amide bonds. The molecule has 0 saturated heterocycles. The van der Waals surface area contributed by atoms with Gasteiger partial charge >= 0.3 is 0 Å². The zero-order chi connectivity index (χ0) is 19.7. The largest absolute Gasteiger partial charge is 0.340 e. The molecular formula is C21H20N4OS2. The predicted molar refractivity (Wildman–Crippen MR) is 116 cm³/mol. The first-order chi connectivity index (χ1) is 13.6. The summed E-state index contributed by atoms with van der Waals surface area (Å²) in [6.07, 6.45) is 0. The summed E-state index contributed by atoms with van der Waals surface area (Å²) in [4.78, 5) is 15.9. The molecule has 0 bridgehead atoms. The van der Waals surface area contributed by atoms with Crippen LogP contribution in [0, 0.1) is 4.77 Å². The van der Waals surface area contributed by atoms with Crippen LogP contribution < -0.4 is 0 Å². The van der Waals surface area contributed by atoms with E-state index in [1.807, 2.05) is 49.7 Å². The standard InChI is InChI=1S/C21H20N4OS2/c1-14(25-19(22-23-21(25)27)18-11-6-12-28-18)20(26)24(2)13-16-9-5-8-15-7-3-4-10-17(15)16/h3-12,14H,13H2,1-2H3,(H,23,27). The van der Waals surface area contributed by atoms with Crippen LogP contribution in [0.4, 0.5) is 0 Å². The van der Waals surface area contributed by atoms with E-state index < -0.39 is 6.04 Å². The monoisotopic (exact) mass is 408 g/mol. The van der Waals surface area contributed by atoms with Crippen molar-refractivity contribution in [3.05, 3.63) is 70.3 Å². The van der Waals surface area contributed by atoms with Crippen LogP contribution in [-0.2, 0) is 11.3 Å². The number of benzene rings is 2. The maximum atomic E-state index is 13.2. The van der Waals surface area contributed by atoms with Crippen molar-refractivity contribution in [2.75, 3.05) is 7.05 Å². The lowest BCUT2D eigenvalue weighted by molar-refractivity contribution is -0.133. The van der Waals surface area contributed by atoms with E-state index in [1.165, 1.54) is 5.39 Å². The topological polar surface area (TPSA) is 53.9 Å². The van der Waals surface area contributed by atoms with Crippen molar-refractivity contribution < 1.29 is 4.79 Å². The molecule has 1 N–H and O–H groups in total. The number of hydrogen-bond donors (Lipinski definition) is 1. The van der Waals surface area contributed by atoms with E-state index in [4.69, 9.17) is 12.2 Å². The Hall–Kier alpha value is -2.77. The zero-order valence-corrected chi connectivity index (χ0v) is 17.3. The lowest BCUT2D eigenvalue weighted by atomic mass is 10.0. The van der Waals surface area contributed by atoms with Gasteiger partial charge in [0.1, 0.15) is 6.04 Å². The molecule has 2 aromatic heterocycles. The average Bonchev–Trinajstić information content (AvgIpc) is 3.36. The lowest BCUT2D eigenvalue weighted by Crippen LogP contribution is -2.33. The van der Waals surface area contributed by atoms with Crippen molar-refractivity contribution in [1.82, 2.24) is 19.7 Å². The minimum absolute atomic E-state index is 0.0109. The average molecular weight is 409 g/mol. The number of amides is 1. The SMILES string of the molecule is CC(C(=O)N(C)Cc1cccc2ccccc12)n1c(-c2cccs2)n[nH]c1=S. The molecule has 4 rings (SSSR count). The van der Waals surface area contributed by atoms with Crippen LogP contribution >= 0.6 is 23.6 Å². The van der Waals surface area contributed by atoms with Gasteiger partial charge in [-0.25, -0.2) is 0 Å². The highest BCUT2D eigenvalue weighted by atomic mass is 32.1. The summed E-state index contributed by atoms with van der Waals surface area (Å²) in [5.41, 5.74) is 1.12. The molecule has 2 aromatic carbocycles. The summed E-state index contributed by atoms with van der Waals surface area (Å²) in [6, 6.07) is 17.9. The highest BCUT2D eigenvalue weighted by Crippen LogP contribution is 2.27. The van der Waals surface area contributed by atoms with E-state index in [0.29, 0.717) is 17.1 Å². The number of aromatic amines is 1. The number of aromatic nitrogens is 3. The molecule has 0 aliphatic heterocycles. The molecule has 1 atom stereocenters. The molecule has 0 saturated carbocycles. The number of likely N-dealkylation sites (N-methyl/N-ethyl adjacent to an activating group) is 1. The number of thiophene rings is 1. The van der Waals surface area contributed by atoms with Crippen LogP contribution in [0.5, 0.6) is 0 Å². The first-order valence-electron chi connectivity index (χ1n) is 8.98. The van der Waals surface area contributed by atoms with Gasteiger partial charge in [0.2, 0.25) is 5.91 Å². The number of nitrogens with zero attached hydrogens (tertiary/aromatic N) is 3. The van der Waals surface area contributed by atoms with Crippen molar-refractivity contribution >= 4 is 40.2 Å². The van der Waals surface area contributed by atoms with Gasteiger partial charge in [-0.1, -0.05) is 48.5 Å². The Bertz CT molecular complexity index is 1170. The van der Waals surface area contributed by atoms with E-state index in [-0.39, 0.29) is 5.91 Å². The van der Waals surface area contributed by atoms with Gasteiger partial charge in [0, 0.05) is 13.6 Å². The lowest BCUT2D eigenvalue weighted by Gasteiger charge is -2.23. The Balaban J connectivity index is 1.61. The number of H-pyrrole nitrogens is 1. The molecule has 0 aliphatic rings. The van der Waals surface area contributed by atoms with E-state index in [1.54, 1.807) is 20.8 Å². The molecule has 4 aromatic rings. The Kier molecular flexibility index (Phi) is 5.11. The summed E-state index contributed by atoms with van der Waals surface area (Å²) in [7, 11) is 1.83. The van der Waals surface area contributed by atoms with E-state index in [2.05, 4.69) is 34.5 Å². The number of nitrogens with one attached hydrogen (secondary N) is 1. The molecule has 0 spiro atoms. The summed E-state index contributed by atoms with van der Waals surface area (Å²) in [5.74, 6) is 0.683. The molecule has 0 fully saturated rings. The van der Waals surface area contributed by atoms with Crippen LogP contribution in [0.25, 0.3) is 21.5 Å². The molecule has 2 heterocycles. The predicted octanol–water partition coefficient (Wildman–Crippen LogP) is 5.04. The van der Waals surface area contributed by atoms with Crippen LogP contribution in [-0.4, -0.2) is 32.6 Å². The van der Waals surface area contributed by atoms with Crippen LogP contribution in [0.3, 0.4) is 0 Å². The molecule has 0 radical (unpaired) electrons. The Morgan fingerprint density at radius 2 is 2.00 bits per heavy atom. The summed E-state index contributed by atoms with van der Waals surface area (Å²) in [6.45, 7) is 2.40. The van der Waals surface area contributed by atoms with Crippen molar-refractivity contribution in [3.63, 3.8) is 0 Å². The minimum Gasteiger partial charge on any atom is -0.340 e. The molecule has 5 nitrogen and oxygen atoms in total. The fraction of sp³-hybridized carbons (Fsp3) is 0.190. The number of hydrogen-bond acceptors (Lipinski definition) is 4. The Morgan fingerprint density at radius 1 is 1.21 bits per heavy atom. The van der Waals surface area contributed by atoms with E-state index >= 15 is 0 Å². The summed E-state index contributed by atoms with van der Waals surface area (Å²) >= 11 is 6.97. The van der Waals surface area contributed by atoms with Crippen LogP contribution in [0.2, 0.25) is 0 Å². The Morgan fingerprint density at radius 3 is 2.79 bits per heavy atom. The van der Waals surface area contributed by atoms with Gasteiger partial charge < -0.3 is 4.90 Å². The molecule has 1 unspecified atom stereocenters. The third-order valence-corrected chi connectivity index (χ3v) is 6.01. The molecule has 142 valence electrons. The first-order valence-corrected chi connectivity index (χ1v) is 10.3. The number of carbonyl (C=O) groups excluding carboxylic acids is 1. The highest BCUT2D eigenvalue weighted by Gasteiger charge is 2.24. The first kappa shape index (κ1) is 18.6.